The zero-order valence-electron chi connectivity index (χ0n) is 11.4. The van der Waals surface area contributed by atoms with Crippen LogP contribution in [0.5, 0.6) is 0 Å². The second-order valence-electron chi connectivity index (χ2n) is 4.71. The third kappa shape index (κ3) is 4.73. The van der Waals surface area contributed by atoms with E-state index in [1.165, 1.54) is 17.3 Å². The highest BCUT2D eigenvalue weighted by Gasteiger charge is 1.98. The van der Waals surface area contributed by atoms with Crippen molar-refractivity contribution >= 4 is 6.21 Å². The van der Waals surface area contributed by atoms with Crippen molar-refractivity contribution in [2.24, 2.45) is 5.16 Å². The van der Waals surface area contributed by atoms with Gasteiger partial charge in [0.05, 0.1) is 6.21 Å². The van der Waals surface area contributed by atoms with Gasteiger partial charge < -0.3 is 5.21 Å². The molecule has 0 amide bonds. The summed E-state index contributed by atoms with van der Waals surface area (Å²) < 4.78 is 0. The van der Waals surface area contributed by atoms with E-state index < -0.39 is 0 Å². The first-order chi connectivity index (χ1) is 9.88. The van der Waals surface area contributed by atoms with Crippen molar-refractivity contribution in [1.82, 2.24) is 0 Å². The Kier molecular flexibility index (Phi) is 5.59. The molecule has 0 unspecified atom stereocenters. The van der Waals surface area contributed by atoms with Crippen LogP contribution in [0, 0.1) is 0 Å². The van der Waals surface area contributed by atoms with E-state index >= 15 is 0 Å². The van der Waals surface area contributed by atoms with Gasteiger partial charge >= 0.3 is 0 Å². The highest BCUT2D eigenvalue weighted by atomic mass is 16.4. The average Bonchev–Trinajstić information content (AvgIpc) is 2.49. The van der Waals surface area contributed by atoms with Gasteiger partial charge in [0.1, 0.15) is 0 Å². The fraction of sp³-hybridized carbons (Fsp3) is 0.167. The number of hydrogen-bond donors (Lipinski definition) is 1. The van der Waals surface area contributed by atoms with Gasteiger partial charge in [-0.1, -0.05) is 71.9 Å². The summed E-state index contributed by atoms with van der Waals surface area (Å²) in [6, 6.07) is 20.6. The normalized spacial score (nSPS) is 11.9. The molecule has 0 aliphatic carbocycles. The summed E-state index contributed by atoms with van der Waals surface area (Å²) in [6.45, 7) is 0. The predicted octanol–water partition coefficient (Wildman–Crippen LogP) is 4.25. The molecule has 0 fully saturated rings. The van der Waals surface area contributed by atoms with E-state index in [4.69, 9.17) is 5.21 Å². The van der Waals surface area contributed by atoms with Crippen LogP contribution in [-0.4, -0.2) is 11.4 Å². The van der Waals surface area contributed by atoms with Crippen molar-refractivity contribution in [2.75, 3.05) is 0 Å². The van der Waals surface area contributed by atoms with Gasteiger partial charge in [-0.15, -0.1) is 0 Å². The SMILES string of the molecule is O/N=C/C(=C/CCc1ccccc1)Cc1ccccc1. The summed E-state index contributed by atoms with van der Waals surface area (Å²) in [6.07, 6.45) is 6.40. The molecule has 0 aromatic heterocycles. The molecule has 2 rings (SSSR count). The Labute approximate surface area is 120 Å². The zero-order chi connectivity index (χ0) is 14.0. The van der Waals surface area contributed by atoms with Gasteiger partial charge in [-0.05, 0) is 36.0 Å². The monoisotopic (exact) mass is 265 g/mol. The van der Waals surface area contributed by atoms with E-state index in [1.54, 1.807) is 0 Å². The number of oxime groups is 1. The van der Waals surface area contributed by atoms with Gasteiger partial charge in [-0.2, -0.15) is 0 Å². The minimum atomic E-state index is 0.791. The lowest BCUT2D eigenvalue weighted by atomic mass is 10.0. The second-order valence-corrected chi connectivity index (χ2v) is 4.71. The molecule has 2 aromatic carbocycles. The van der Waals surface area contributed by atoms with Crippen molar-refractivity contribution in [2.45, 2.75) is 19.3 Å². The molecule has 0 atom stereocenters. The van der Waals surface area contributed by atoms with Crippen molar-refractivity contribution in [1.29, 1.82) is 0 Å². The molecule has 0 saturated carbocycles. The van der Waals surface area contributed by atoms with Gasteiger partial charge in [0, 0.05) is 0 Å². The fourth-order valence-corrected chi connectivity index (χ4v) is 2.15. The van der Waals surface area contributed by atoms with Crippen molar-refractivity contribution in [3.8, 4) is 0 Å². The smallest absolute Gasteiger partial charge is 0.0693 e. The molecule has 0 heterocycles. The lowest BCUT2D eigenvalue weighted by Crippen LogP contribution is -1.93. The summed E-state index contributed by atoms with van der Waals surface area (Å²) >= 11 is 0. The van der Waals surface area contributed by atoms with Gasteiger partial charge in [0.25, 0.3) is 0 Å². The Morgan fingerprint density at radius 3 is 2.10 bits per heavy atom. The van der Waals surface area contributed by atoms with Crippen molar-refractivity contribution < 1.29 is 5.21 Å². The first-order valence-electron chi connectivity index (χ1n) is 6.83. The lowest BCUT2D eigenvalue weighted by molar-refractivity contribution is 0.321. The van der Waals surface area contributed by atoms with Gasteiger partial charge in [-0.25, -0.2) is 0 Å². The van der Waals surface area contributed by atoms with Crippen molar-refractivity contribution in [3.05, 3.63) is 83.4 Å². The molecule has 0 aliphatic rings. The Morgan fingerprint density at radius 1 is 0.900 bits per heavy atom. The molecule has 0 spiro atoms. The Balaban J connectivity index is 1.96. The Morgan fingerprint density at radius 2 is 1.50 bits per heavy atom. The van der Waals surface area contributed by atoms with Crippen LogP contribution in [0.2, 0.25) is 0 Å². The minimum absolute atomic E-state index is 0.791. The molecule has 2 heteroatoms. The van der Waals surface area contributed by atoms with Crippen molar-refractivity contribution in [3.63, 3.8) is 0 Å². The standard InChI is InChI=1S/C18H19NO/c20-19-15-18(14-17-10-5-2-6-11-17)13-7-12-16-8-3-1-4-9-16/h1-6,8-11,13,15,20H,7,12,14H2/b18-13+,19-15+. The number of allylic oxidation sites excluding steroid dienone is 2. The lowest BCUT2D eigenvalue weighted by Gasteiger charge is -2.03. The topological polar surface area (TPSA) is 32.6 Å². The minimum Gasteiger partial charge on any atom is -0.411 e. The highest BCUT2D eigenvalue weighted by Crippen LogP contribution is 2.09. The number of aryl methyl sites for hydroxylation is 1. The van der Waals surface area contributed by atoms with E-state index in [9.17, 15) is 0 Å². The molecule has 2 nitrogen and oxygen atoms in total. The van der Waals surface area contributed by atoms with E-state index in [0.29, 0.717) is 0 Å². The van der Waals surface area contributed by atoms with Gasteiger partial charge in [0.2, 0.25) is 0 Å². The van der Waals surface area contributed by atoms with Gasteiger partial charge in [0.15, 0.2) is 0 Å². The third-order valence-electron chi connectivity index (χ3n) is 3.16. The maximum atomic E-state index is 8.76. The van der Waals surface area contributed by atoms with E-state index in [0.717, 1.165) is 24.8 Å². The number of nitrogens with zero attached hydrogens (tertiary/aromatic N) is 1. The molecule has 0 aliphatic heterocycles. The third-order valence-corrected chi connectivity index (χ3v) is 3.16. The average molecular weight is 265 g/mol. The first-order valence-corrected chi connectivity index (χ1v) is 6.83. The second kappa shape index (κ2) is 7.95. The molecule has 20 heavy (non-hydrogen) atoms. The summed E-state index contributed by atoms with van der Waals surface area (Å²) in [7, 11) is 0. The van der Waals surface area contributed by atoms with Crippen LogP contribution in [0.1, 0.15) is 17.5 Å². The molecule has 2 aromatic rings. The Hall–Kier alpha value is -2.35. The quantitative estimate of drug-likeness (QED) is 0.473. The van der Waals surface area contributed by atoms with Gasteiger partial charge in [-0.3, -0.25) is 0 Å². The maximum Gasteiger partial charge on any atom is 0.0693 e. The summed E-state index contributed by atoms with van der Waals surface area (Å²) in [4.78, 5) is 0. The summed E-state index contributed by atoms with van der Waals surface area (Å²) in [5.74, 6) is 0. The summed E-state index contributed by atoms with van der Waals surface area (Å²) in [5.41, 5.74) is 3.58. The van der Waals surface area contributed by atoms with Crippen LogP contribution in [0.3, 0.4) is 0 Å². The number of hydrogen-bond acceptors (Lipinski definition) is 2. The van der Waals surface area contributed by atoms with E-state index in [-0.39, 0.29) is 0 Å². The largest absolute Gasteiger partial charge is 0.411 e. The maximum absolute atomic E-state index is 8.76. The number of benzene rings is 2. The summed E-state index contributed by atoms with van der Waals surface area (Å²) in [5, 5.41) is 11.9. The predicted molar refractivity (Wildman–Crippen MR) is 83.3 cm³/mol. The van der Waals surface area contributed by atoms with E-state index in [2.05, 4.69) is 47.6 Å². The molecule has 0 bridgehead atoms. The van der Waals surface area contributed by atoms with Crippen LogP contribution in [0.25, 0.3) is 0 Å². The van der Waals surface area contributed by atoms with Crippen LogP contribution >= 0.6 is 0 Å². The van der Waals surface area contributed by atoms with Crippen LogP contribution < -0.4 is 0 Å². The molecule has 1 N–H and O–H groups in total. The van der Waals surface area contributed by atoms with Crippen LogP contribution in [0.4, 0.5) is 0 Å². The fourth-order valence-electron chi connectivity index (χ4n) is 2.15. The van der Waals surface area contributed by atoms with E-state index in [1.807, 2.05) is 24.3 Å². The Bertz CT molecular complexity index is 558. The first kappa shape index (κ1) is 14.1. The molecule has 0 saturated heterocycles. The molecule has 102 valence electrons. The molecule has 0 radical (unpaired) electrons. The molecular weight excluding hydrogens is 246 g/mol. The molecular formula is C18H19NO. The van der Waals surface area contributed by atoms with Crippen LogP contribution in [-0.2, 0) is 12.8 Å². The highest BCUT2D eigenvalue weighted by molar-refractivity contribution is 5.78. The zero-order valence-corrected chi connectivity index (χ0v) is 11.4. The van der Waals surface area contributed by atoms with Crippen LogP contribution in [0.15, 0.2) is 77.5 Å². The number of rotatable bonds is 6.